The topological polar surface area (TPSA) is 46.8 Å². The van der Waals surface area contributed by atoms with Gasteiger partial charge in [-0.3, -0.25) is 9.20 Å². The van der Waals surface area contributed by atoms with E-state index in [0.717, 1.165) is 23.6 Å². The molecule has 0 bridgehead atoms. The molecule has 0 N–H and O–H groups in total. The van der Waals surface area contributed by atoms with Crippen LogP contribution in [0.25, 0.3) is 4.96 Å². The predicted molar refractivity (Wildman–Crippen MR) is 79.3 cm³/mol. The molecule has 1 aliphatic carbocycles. The first-order valence-electron chi connectivity index (χ1n) is 7.03. The monoisotopic (exact) mass is 293 g/mol. The van der Waals surface area contributed by atoms with E-state index in [2.05, 4.69) is 14.3 Å². The molecule has 1 aliphatic rings. The summed E-state index contributed by atoms with van der Waals surface area (Å²) in [6, 6.07) is 0.405. The molecule has 20 heavy (non-hydrogen) atoms. The lowest BCUT2D eigenvalue weighted by molar-refractivity contribution is -0.139. The van der Waals surface area contributed by atoms with Crippen LogP contribution in [0.5, 0.6) is 0 Å². The first-order valence-corrected chi connectivity index (χ1v) is 7.91. The second-order valence-electron chi connectivity index (χ2n) is 5.17. The van der Waals surface area contributed by atoms with Crippen molar-refractivity contribution in [1.82, 2.24) is 9.38 Å². The Morgan fingerprint density at radius 3 is 3.05 bits per heavy atom. The number of carbonyl (C=O) groups excluding carboxylic acids is 1. The molecule has 0 radical (unpaired) electrons. The van der Waals surface area contributed by atoms with Crippen LogP contribution in [0.15, 0.2) is 17.8 Å². The second-order valence-corrected chi connectivity index (χ2v) is 6.04. The van der Waals surface area contributed by atoms with Crippen molar-refractivity contribution in [3.05, 3.63) is 17.8 Å². The normalized spacial score (nSPS) is 16.4. The molecule has 3 rings (SSSR count). The molecule has 0 spiro atoms. The number of thiazole rings is 1. The fourth-order valence-electron chi connectivity index (χ4n) is 2.92. The van der Waals surface area contributed by atoms with Crippen LogP contribution < -0.4 is 4.90 Å². The molecular formula is C14H19N3O2S. The van der Waals surface area contributed by atoms with Gasteiger partial charge in [0.25, 0.3) is 0 Å². The fraction of sp³-hybridized carbons (Fsp3) is 0.571. The standard InChI is InChI=1S/C14H19N3O2S/c1-19-13(18)10-17(11-5-3-2-4-6-11)12-9-15-14-16(12)7-8-20-14/h7-9,11H,2-6,10H2,1H3. The second kappa shape index (κ2) is 5.83. The highest BCUT2D eigenvalue weighted by atomic mass is 32.1. The van der Waals surface area contributed by atoms with E-state index in [1.807, 2.05) is 17.8 Å². The molecule has 0 saturated heterocycles. The van der Waals surface area contributed by atoms with Gasteiger partial charge in [0.15, 0.2) is 4.96 Å². The maximum absolute atomic E-state index is 11.7. The lowest BCUT2D eigenvalue weighted by Crippen LogP contribution is -2.41. The summed E-state index contributed by atoms with van der Waals surface area (Å²) in [5, 5.41) is 2.02. The summed E-state index contributed by atoms with van der Waals surface area (Å²) in [6.45, 7) is 0.296. The molecule has 1 saturated carbocycles. The van der Waals surface area contributed by atoms with Gasteiger partial charge < -0.3 is 9.64 Å². The number of anilines is 1. The highest BCUT2D eigenvalue weighted by Gasteiger charge is 2.26. The Hall–Kier alpha value is -1.56. The number of nitrogens with zero attached hydrogens (tertiary/aromatic N) is 3. The number of aromatic nitrogens is 2. The summed E-state index contributed by atoms with van der Waals surface area (Å²) in [7, 11) is 1.44. The summed E-state index contributed by atoms with van der Waals surface area (Å²) in [5.74, 6) is 0.805. The Morgan fingerprint density at radius 1 is 1.50 bits per heavy atom. The average Bonchev–Trinajstić information content (AvgIpc) is 3.09. The molecule has 108 valence electrons. The van der Waals surface area contributed by atoms with E-state index in [-0.39, 0.29) is 5.97 Å². The number of rotatable bonds is 4. The Bertz CT molecular complexity index is 586. The largest absolute Gasteiger partial charge is 0.468 e. The van der Waals surface area contributed by atoms with Crippen molar-refractivity contribution in [3.8, 4) is 0 Å². The lowest BCUT2D eigenvalue weighted by Gasteiger charge is -2.34. The van der Waals surface area contributed by atoms with E-state index >= 15 is 0 Å². The number of fused-ring (bicyclic) bond motifs is 1. The van der Waals surface area contributed by atoms with E-state index in [4.69, 9.17) is 4.74 Å². The smallest absolute Gasteiger partial charge is 0.325 e. The molecule has 2 aromatic rings. The van der Waals surface area contributed by atoms with Crippen LogP contribution in [-0.4, -0.2) is 35.1 Å². The number of esters is 1. The van der Waals surface area contributed by atoms with Crippen LogP contribution in [-0.2, 0) is 9.53 Å². The van der Waals surface area contributed by atoms with Crippen molar-refractivity contribution < 1.29 is 9.53 Å². The highest BCUT2D eigenvalue weighted by Crippen LogP contribution is 2.28. The van der Waals surface area contributed by atoms with Gasteiger partial charge in [-0.1, -0.05) is 19.3 Å². The molecule has 5 nitrogen and oxygen atoms in total. The highest BCUT2D eigenvalue weighted by molar-refractivity contribution is 7.15. The van der Waals surface area contributed by atoms with Crippen LogP contribution in [0.4, 0.5) is 5.82 Å². The van der Waals surface area contributed by atoms with Gasteiger partial charge in [-0.05, 0) is 12.8 Å². The van der Waals surface area contributed by atoms with Crippen molar-refractivity contribution in [1.29, 1.82) is 0 Å². The zero-order chi connectivity index (χ0) is 13.9. The Labute approximate surface area is 122 Å². The zero-order valence-corrected chi connectivity index (χ0v) is 12.4. The third-order valence-electron chi connectivity index (χ3n) is 3.96. The molecule has 2 heterocycles. The maximum atomic E-state index is 11.7. The van der Waals surface area contributed by atoms with Gasteiger partial charge in [0.1, 0.15) is 12.4 Å². The summed E-state index contributed by atoms with van der Waals surface area (Å²) < 4.78 is 6.91. The average molecular weight is 293 g/mol. The molecular weight excluding hydrogens is 274 g/mol. The van der Waals surface area contributed by atoms with Gasteiger partial charge in [-0.15, -0.1) is 11.3 Å². The number of imidazole rings is 1. The van der Waals surface area contributed by atoms with Crippen molar-refractivity contribution in [2.24, 2.45) is 0 Å². The fourth-order valence-corrected chi connectivity index (χ4v) is 3.61. The van der Waals surface area contributed by atoms with E-state index in [1.54, 1.807) is 11.3 Å². The first kappa shape index (κ1) is 13.4. The Kier molecular flexibility index (Phi) is 3.91. The lowest BCUT2D eigenvalue weighted by atomic mass is 9.94. The molecule has 0 aromatic carbocycles. The van der Waals surface area contributed by atoms with Gasteiger partial charge >= 0.3 is 5.97 Å². The van der Waals surface area contributed by atoms with Crippen molar-refractivity contribution in [3.63, 3.8) is 0 Å². The third kappa shape index (κ3) is 2.52. The Morgan fingerprint density at radius 2 is 2.30 bits per heavy atom. The van der Waals surface area contributed by atoms with Crippen LogP contribution in [0.3, 0.4) is 0 Å². The maximum Gasteiger partial charge on any atom is 0.325 e. The number of hydrogen-bond acceptors (Lipinski definition) is 5. The Balaban J connectivity index is 1.91. The van der Waals surface area contributed by atoms with Gasteiger partial charge in [0, 0.05) is 17.6 Å². The van der Waals surface area contributed by atoms with Crippen LogP contribution in [0.1, 0.15) is 32.1 Å². The number of hydrogen-bond donors (Lipinski definition) is 0. The number of methoxy groups -OCH3 is 1. The van der Waals surface area contributed by atoms with Crippen molar-refractivity contribution in [2.45, 2.75) is 38.1 Å². The van der Waals surface area contributed by atoms with Crippen LogP contribution in [0.2, 0.25) is 0 Å². The summed E-state index contributed by atoms with van der Waals surface area (Å²) in [6.07, 6.45) is 9.90. The van der Waals surface area contributed by atoms with E-state index in [9.17, 15) is 4.79 Å². The van der Waals surface area contributed by atoms with E-state index < -0.39 is 0 Å². The zero-order valence-electron chi connectivity index (χ0n) is 11.6. The van der Waals surface area contributed by atoms with E-state index in [0.29, 0.717) is 12.6 Å². The minimum Gasteiger partial charge on any atom is -0.468 e. The molecule has 0 unspecified atom stereocenters. The van der Waals surface area contributed by atoms with E-state index in [1.165, 1.54) is 26.4 Å². The predicted octanol–water partition coefficient (Wildman–Crippen LogP) is 2.71. The summed E-state index contributed by atoms with van der Waals surface area (Å²) in [4.78, 5) is 19.3. The first-order chi connectivity index (χ1) is 9.79. The molecule has 0 atom stereocenters. The van der Waals surface area contributed by atoms with Gasteiger partial charge in [-0.25, -0.2) is 4.98 Å². The van der Waals surface area contributed by atoms with Gasteiger partial charge in [0.05, 0.1) is 13.3 Å². The van der Waals surface area contributed by atoms with Gasteiger partial charge in [0.2, 0.25) is 0 Å². The number of carbonyl (C=O) groups is 1. The molecule has 0 aliphatic heterocycles. The number of ether oxygens (including phenoxy) is 1. The summed E-state index contributed by atoms with van der Waals surface area (Å²) >= 11 is 1.61. The minimum absolute atomic E-state index is 0.194. The van der Waals surface area contributed by atoms with Gasteiger partial charge in [-0.2, -0.15) is 0 Å². The third-order valence-corrected chi connectivity index (χ3v) is 4.73. The summed E-state index contributed by atoms with van der Waals surface area (Å²) in [5.41, 5.74) is 0. The van der Waals surface area contributed by atoms with Crippen LogP contribution >= 0.6 is 11.3 Å². The quantitative estimate of drug-likeness (QED) is 0.813. The van der Waals surface area contributed by atoms with Crippen molar-refractivity contribution >= 4 is 28.1 Å². The van der Waals surface area contributed by atoms with Crippen LogP contribution in [0, 0.1) is 0 Å². The SMILES string of the molecule is COC(=O)CN(c1cnc2sccn12)C1CCCCC1. The minimum atomic E-state index is -0.194. The molecule has 2 aromatic heterocycles. The molecule has 1 fully saturated rings. The van der Waals surface area contributed by atoms with Crippen molar-refractivity contribution in [2.75, 3.05) is 18.6 Å². The molecule has 6 heteroatoms. The molecule has 0 amide bonds.